The van der Waals surface area contributed by atoms with E-state index in [1.165, 1.54) is 7.11 Å². The van der Waals surface area contributed by atoms with E-state index in [1.54, 1.807) is 6.07 Å². The fraction of sp³-hybridized carbons (Fsp3) is 0.182. The average molecular weight is 268 g/mol. The van der Waals surface area contributed by atoms with Gasteiger partial charge in [0.25, 0.3) is 0 Å². The van der Waals surface area contributed by atoms with Gasteiger partial charge in [0.2, 0.25) is 0 Å². The topological polar surface area (TPSA) is 31.2 Å². The van der Waals surface area contributed by atoms with E-state index in [1.807, 2.05) is 29.9 Å². The molecule has 78 valence electrons. The normalized spacial score (nSPS) is 10.6. The summed E-state index contributed by atoms with van der Waals surface area (Å²) in [4.78, 5) is 11.5. The van der Waals surface area contributed by atoms with E-state index in [0.29, 0.717) is 5.56 Å². The number of ether oxygens (including phenoxy) is 1. The number of carbonyl (C=O) groups excluding carboxylic acids is 1. The summed E-state index contributed by atoms with van der Waals surface area (Å²) < 4.78 is 7.63. The number of carbonyl (C=O) groups is 1. The van der Waals surface area contributed by atoms with Crippen molar-refractivity contribution in [1.82, 2.24) is 4.57 Å². The van der Waals surface area contributed by atoms with Gasteiger partial charge in [-0.15, -0.1) is 0 Å². The van der Waals surface area contributed by atoms with Gasteiger partial charge in [-0.05, 0) is 22.0 Å². The first-order valence-electron chi connectivity index (χ1n) is 4.47. The summed E-state index contributed by atoms with van der Waals surface area (Å²) in [6.45, 7) is 0. The molecule has 0 radical (unpaired) electrons. The van der Waals surface area contributed by atoms with E-state index in [4.69, 9.17) is 4.74 Å². The highest BCUT2D eigenvalue weighted by Gasteiger charge is 2.14. The highest BCUT2D eigenvalue weighted by molar-refractivity contribution is 9.10. The molecule has 0 bridgehead atoms. The van der Waals surface area contributed by atoms with Gasteiger partial charge >= 0.3 is 5.97 Å². The van der Waals surface area contributed by atoms with Crippen LogP contribution in [0, 0.1) is 0 Å². The number of nitrogens with zero attached hydrogens (tertiary/aromatic N) is 1. The number of rotatable bonds is 1. The minimum absolute atomic E-state index is 0.311. The van der Waals surface area contributed by atoms with Gasteiger partial charge in [-0.1, -0.05) is 12.1 Å². The number of para-hydroxylation sites is 1. The van der Waals surface area contributed by atoms with Crippen LogP contribution in [-0.4, -0.2) is 17.6 Å². The van der Waals surface area contributed by atoms with Gasteiger partial charge < -0.3 is 9.30 Å². The van der Waals surface area contributed by atoms with Crippen LogP contribution < -0.4 is 0 Å². The van der Waals surface area contributed by atoms with Crippen LogP contribution in [0.25, 0.3) is 10.9 Å². The van der Waals surface area contributed by atoms with Crippen molar-refractivity contribution >= 4 is 32.8 Å². The molecule has 0 saturated carbocycles. The number of fused-ring (bicyclic) bond motifs is 1. The van der Waals surface area contributed by atoms with Crippen LogP contribution >= 0.6 is 15.9 Å². The smallest absolute Gasteiger partial charge is 0.340 e. The number of hydrogen-bond donors (Lipinski definition) is 0. The predicted molar refractivity (Wildman–Crippen MR) is 62.0 cm³/mol. The van der Waals surface area contributed by atoms with E-state index in [2.05, 4.69) is 15.9 Å². The Morgan fingerprint density at radius 1 is 1.47 bits per heavy atom. The molecule has 0 unspecified atom stereocenters. The Balaban J connectivity index is 2.80. The summed E-state index contributed by atoms with van der Waals surface area (Å²) >= 11 is 3.45. The zero-order valence-electron chi connectivity index (χ0n) is 8.45. The zero-order valence-corrected chi connectivity index (χ0v) is 10.0. The maximum absolute atomic E-state index is 11.5. The highest BCUT2D eigenvalue weighted by atomic mass is 79.9. The van der Waals surface area contributed by atoms with Crippen LogP contribution in [0.2, 0.25) is 0 Å². The molecule has 0 aliphatic rings. The van der Waals surface area contributed by atoms with Crippen LogP contribution in [-0.2, 0) is 11.8 Å². The summed E-state index contributed by atoms with van der Waals surface area (Å²) in [7, 11) is 3.29. The molecule has 0 aliphatic carbocycles. The molecule has 3 nitrogen and oxygen atoms in total. The van der Waals surface area contributed by atoms with Crippen LogP contribution in [0.15, 0.2) is 28.9 Å². The standard InChI is InChI=1S/C11H10BrNO2/c1-13-6-9(12)7-4-3-5-8(10(7)13)11(14)15-2/h3-6H,1-2H3. The van der Waals surface area contributed by atoms with Crippen molar-refractivity contribution in [1.29, 1.82) is 0 Å². The number of aryl methyl sites for hydroxylation is 1. The maximum Gasteiger partial charge on any atom is 0.340 e. The first kappa shape index (κ1) is 10.2. The molecule has 1 aromatic carbocycles. The summed E-state index contributed by atoms with van der Waals surface area (Å²) in [5.41, 5.74) is 1.47. The number of aromatic nitrogens is 1. The van der Waals surface area contributed by atoms with Crippen LogP contribution in [0.4, 0.5) is 0 Å². The van der Waals surface area contributed by atoms with Crippen molar-refractivity contribution in [3.63, 3.8) is 0 Å². The van der Waals surface area contributed by atoms with Gasteiger partial charge in [-0.2, -0.15) is 0 Å². The zero-order chi connectivity index (χ0) is 11.0. The minimum Gasteiger partial charge on any atom is -0.465 e. The summed E-state index contributed by atoms with van der Waals surface area (Å²) in [6.07, 6.45) is 1.93. The Hall–Kier alpha value is -1.29. The molecule has 0 spiro atoms. The molecule has 1 heterocycles. The van der Waals surface area contributed by atoms with Gasteiger partial charge in [0, 0.05) is 23.1 Å². The fourth-order valence-electron chi connectivity index (χ4n) is 1.70. The molecule has 2 aromatic rings. The van der Waals surface area contributed by atoms with Gasteiger partial charge in [0.1, 0.15) is 0 Å². The van der Waals surface area contributed by atoms with Gasteiger partial charge in [0.15, 0.2) is 0 Å². The average Bonchev–Trinajstić information content (AvgIpc) is 2.54. The predicted octanol–water partition coefficient (Wildman–Crippen LogP) is 2.73. The van der Waals surface area contributed by atoms with Gasteiger partial charge in [-0.3, -0.25) is 0 Å². The minimum atomic E-state index is -0.311. The Labute approximate surface area is 95.8 Å². The number of halogens is 1. The number of methoxy groups -OCH3 is 1. The molecule has 0 atom stereocenters. The van der Waals surface area contributed by atoms with E-state index < -0.39 is 0 Å². The summed E-state index contributed by atoms with van der Waals surface area (Å²) in [6, 6.07) is 5.58. The number of esters is 1. The summed E-state index contributed by atoms with van der Waals surface area (Å²) in [5.74, 6) is -0.311. The monoisotopic (exact) mass is 267 g/mol. The quantitative estimate of drug-likeness (QED) is 0.744. The molecule has 0 saturated heterocycles. The van der Waals surface area contributed by atoms with E-state index >= 15 is 0 Å². The SMILES string of the molecule is COC(=O)c1cccc2c(Br)cn(C)c12. The second-order valence-electron chi connectivity index (χ2n) is 3.28. The van der Waals surface area contributed by atoms with Crippen LogP contribution in [0.5, 0.6) is 0 Å². The van der Waals surface area contributed by atoms with Crippen LogP contribution in [0.1, 0.15) is 10.4 Å². The van der Waals surface area contributed by atoms with Crippen molar-refractivity contribution in [2.24, 2.45) is 7.05 Å². The van der Waals surface area contributed by atoms with E-state index in [9.17, 15) is 4.79 Å². The summed E-state index contributed by atoms with van der Waals surface area (Å²) in [5, 5.41) is 1.01. The molecule has 4 heteroatoms. The molecule has 0 fully saturated rings. The van der Waals surface area contributed by atoms with Crippen molar-refractivity contribution in [2.45, 2.75) is 0 Å². The number of benzene rings is 1. The molecule has 2 rings (SSSR count). The van der Waals surface area contributed by atoms with Crippen molar-refractivity contribution in [3.8, 4) is 0 Å². The fourth-order valence-corrected chi connectivity index (χ4v) is 2.32. The lowest BCUT2D eigenvalue weighted by atomic mass is 10.1. The molecular weight excluding hydrogens is 258 g/mol. The first-order chi connectivity index (χ1) is 7.15. The Morgan fingerprint density at radius 3 is 2.87 bits per heavy atom. The third-order valence-corrected chi connectivity index (χ3v) is 2.99. The number of hydrogen-bond acceptors (Lipinski definition) is 2. The van der Waals surface area contributed by atoms with Crippen molar-refractivity contribution in [2.75, 3.05) is 7.11 Å². The van der Waals surface area contributed by atoms with Crippen LogP contribution in [0.3, 0.4) is 0 Å². The highest BCUT2D eigenvalue weighted by Crippen LogP contribution is 2.28. The third kappa shape index (κ3) is 1.55. The van der Waals surface area contributed by atoms with E-state index in [0.717, 1.165) is 15.4 Å². The first-order valence-corrected chi connectivity index (χ1v) is 5.26. The molecule has 0 amide bonds. The lowest BCUT2D eigenvalue weighted by molar-refractivity contribution is 0.0602. The maximum atomic E-state index is 11.5. The molecule has 15 heavy (non-hydrogen) atoms. The molecule has 0 N–H and O–H groups in total. The third-order valence-electron chi connectivity index (χ3n) is 2.36. The lowest BCUT2D eigenvalue weighted by Gasteiger charge is -2.03. The molecule has 0 aliphatic heterocycles. The van der Waals surface area contributed by atoms with Gasteiger partial charge in [0.05, 0.1) is 18.2 Å². The van der Waals surface area contributed by atoms with Gasteiger partial charge in [-0.25, -0.2) is 4.79 Å². The largest absolute Gasteiger partial charge is 0.465 e. The second-order valence-corrected chi connectivity index (χ2v) is 4.14. The molecular formula is C11H10BrNO2. The second kappa shape index (κ2) is 3.70. The molecule has 1 aromatic heterocycles. The Kier molecular flexibility index (Phi) is 2.52. The van der Waals surface area contributed by atoms with E-state index in [-0.39, 0.29) is 5.97 Å². The Morgan fingerprint density at radius 2 is 2.20 bits per heavy atom. The van der Waals surface area contributed by atoms with Crippen molar-refractivity contribution < 1.29 is 9.53 Å². The lowest BCUT2D eigenvalue weighted by Crippen LogP contribution is -2.03. The van der Waals surface area contributed by atoms with Crippen molar-refractivity contribution in [3.05, 3.63) is 34.4 Å². The Bertz CT molecular complexity index is 531.